The summed E-state index contributed by atoms with van der Waals surface area (Å²) in [5.41, 5.74) is 0.754. The van der Waals surface area contributed by atoms with E-state index in [1.807, 2.05) is 0 Å². The molecule has 0 saturated carbocycles. The predicted octanol–water partition coefficient (Wildman–Crippen LogP) is 1.03. The number of halogens is 1. The lowest BCUT2D eigenvalue weighted by atomic mass is 9.80. The van der Waals surface area contributed by atoms with Crippen LogP contribution in [0.4, 0.5) is 4.39 Å². The van der Waals surface area contributed by atoms with Crippen LogP contribution in [0.5, 0.6) is 0 Å². The highest BCUT2D eigenvalue weighted by atomic mass is 32.1. The van der Waals surface area contributed by atoms with Gasteiger partial charge in [-0.25, -0.2) is 4.39 Å². The van der Waals surface area contributed by atoms with Gasteiger partial charge < -0.3 is 10.0 Å². The van der Waals surface area contributed by atoms with Crippen molar-refractivity contribution in [1.82, 2.24) is 0 Å². The van der Waals surface area contributed by atoms with Gasteiger partial charge >= 0.3 is 7.12 Å². The Kier molecular flexibility index (Phi) is 2.30. The maximum atomic E-state index is 13.6. The van der Waals surface area contributed by atoms with Crippen LogP contribution in [0.25, 0.3) is 10.1 Å². The van der Waals surface area contributed by atoms with E-state index in [1.165, 1.54) is 11.3 Å². The van der Waals surface area contributed by atoms with E-state index in [9.17, 15) is 4.39 Å². The van der Waals surface area contributed by atoms with Gasteiger partial charge in [-0.2, -0.15) is 0 Å². The molecule has 0 fully saturated rings. The number of hydrogen-bond donors (Lipinski definition) is 2. The Morgan fingerprint density at radius 2 is 2.07 bits per heavy atom. The van der Waals surface area contributed by atoms with Gasteiger partial charge in [0.25, 0.3) is 0 Å². The van der Waals surface area contributed by atoms with Crippen LogP contribution >= 0.6 is 11.3 Å². The molecule has 2 rings (SSSR count). The quantitative estimate of drug-likeness (QED) is 0.690. The molecule has 0 amide bonds. The van der Waals surface area contributed by atoms with Gasteiger partial charge in [-0.05, 0) is 23.9 Å². The van der Waals surface area contributed by atoms with Gasteiger partial charge in [-0.15, -0.1) is 11.3 Å². The fourth-order valence-electron chi connectivity index (χ4n) is 1.41. The van der Waals surface area contributed by atoms with Gasteiger partial charge in [0.1, 0.15) is 5.82 Å². The lowest BCUT2D eigenvalue weighted by Gasteiger charge is -2.00. The van der Waals surface area contributed by atoms with Crippen LogP contribution in [0.3, 0.4) is 0 Å². The summed E-state index contributed by atoms with van der Waals surface area (Å²) in [6.45, 7) is 1.65. The lowest BCUT2D eigenvalue weighted by Crippen LogP contribution is -2.29. The van der Waals surface area contributed by atoms with Gasteiger partial charge in [0.15, 0.2) is 0 Å². The lowest BCUT2D eigenvalue weighted by molar-refractivity contribution is 0.426. The Labute approximate surface area is 84.8 Å². The van der Waals surface area contributed by atoms with Gasteiger partial charge in [0.05, 0.1) is 0 Å². The summed E-state index contributed by atoms with van der Waals surface area (Å²) in [6, 6.07) is 3.46. The molecule has 0 atom stereocenters. The molecule has 2 nitrogen and oxygen atoms in total. The van der Waals surface area contributed by atoms with Crippen LogP contribution in [0.2, 0.25) is 0 Å². The molecule has 2 aromatic rings. The van der Waals surface area contributed by atoms with Crippen molar-refractivity contribution in [2.75, 3.05) is 0 Å². The van der Waals surface area contributed by atoms with E-state index in [0.717, 1.165) is 4.70 Å². The molecule has 5 heteroatoms. The smallest absolute Gasteiger partial charge is 0.423 e. The number of fused-ring (bicyclic) bond motifs is 1. The van der Waals surface area contributed by atoms with E-state index in [4.69, 9.17) is 10.0 Å². The van der Waals surface area contributed by atoms with Crippen LogP contribution in [-0.2, 0) is 0 Å². The number of rotatable bonds is 1. The summed E-state index contributed by atoms with van der Waals surface area (Å²) < 4.78 is 14.4. The second-order valence-electron chi connectivity index (χ2n) is 3.13. The summed E-state index contributed by atoms with van der Waals surface area (Å²) >= 11 is 1.31. The van der Waals surface area contributed by atoms with E-state index >= 15 is 0 Å². The Hall–Kier alpha value is -0.905. The second-order valence-corrected chi connectivity index (χ2v) is 4.05. The average Bonchev–Trinajstić information content (AvgIpc) is 2.55. The Morgan fingerprint density at radius 3 is 2.71 bits per heavy atom. The monoisotopic (exact) mass is 210 g/mol. The van der Waals surface area contributed by atoms with Crippen LogP contribution in [0.1, 0.15) is 5.56 Å². The number of thiophene rings is 1. The Bertz CT molecular complexity index is 481. The summed E-state index contributed by atoms with van der Waals surface area (Å²) in [6.07, 6.45) is 0. The molecule has 0 bridgehead atoms. The van der Waals surface area contributed by atoms with Gasteiger partial charge in [-0.3, -0.25) is 0 Å². The first-order valence-electron chi connectivity index (χ1n) is 4.13. The van der Waals surface area contributed by atoms with E-state index < -0.39 is 7.12 Å². The first-order valence-corrected chi connectivity index (χ1v) is 5.01. The third kappa shape index (κ3) is 1.34. The largest absolute Gasteiger partial charge is 0.490 e. The van der Waals surface area contributed by atoms with Crippen molar-refractivity contribution in [3.05, 3.63) is 28.9 Å². The predicted molar refractivity (Wildman–Crippen MR) is 56.3 cm³/mol. The second kappa shape index (κ2) is 3.35. The average molecular weight is 210 g/mol. The molecule has 1 aromatic carbocycles. The SMILES string of the molecule is Cc1ccc2scc(B(O)O)c2c1F. The van der Waals surface area contributed by atoms with Crippen molar-refractivity contribution in [2.24, 2.45) is 0 Å². The molecule has 0 aliphatic heterocycles. The highest BCUT2D eigenvalue weighted by Crippen LogP contribution is 2.24. The van der Waals surface area contributed by atoms with Crippen LogP contribution in [0, 0.1) is 12.7 Å². The third-order valence-electron chi connectivity index (χ3n) is 2.18. The van der Waals surface area contributed by atoms with E-state index in [-0.39, 0.29) is 11.3 Å². The zero-order valence-corrected chi connectivity index (χ0v) is 8.31. The van der Waals surface area contributed by atoms with E-state index in [0.29, 0.717) is 10.9 Å². The fourth-order valence-corrected chi connectivity index (χ4v) is 2.37. The molecular formula is C9H8BFO2S. The molecule has 0 spiro atoms. The topological polar surface area (TPSA) is 40.5 Å². The highest BCUT2D eigenvalue weighted by Gasteiger charge is 2.19. The first kappa shape index (κ1) is 9.64. The molecule has 0 radical (unpaired) electrons. The van der Waals surface area contributed by atoms with Crippen molar-refractivity contribution in [2.45, 2.75) is 6.92 Å². The van der Waals surface area contributed by atoms with Gasteiger partial charge in [0, 0.05) is 15.5 Å². The van der Waals surface area contributed by atoms with Crippen LogP contribution in [0.15, 0.2) is 17.5 Å². The minimum Gasteiger partial charge on any atom is -0.423 e. The van der Waals surface area contributed by atoms with Gasteiger partial charge in [-0.1, -0.05) is 6.07 Å². The molecule has 0 unspecified atom stereocenters. The molecule has 2 N–H and O–H groups in total. The molecule has 14 heavy (non-hydrogen) atoms. The fraction of sp³-hybridized carbons (Fsp3) is 0.111. The van der Waals surface area contributed by atoms with E-state index in [1.54, 1.807) is 24.4 Å². The summed E-state index contributed by atoms with van der Waals surface area (Å²) in [5, 5.41) is 19.9. The first-order chi connectivity index (χ1) is 6.61. The molecule has 1 heterocycles. The minimum atomic E-state index is -1.61. The number of hydrogen-bond acceptors (Lipinski definition) is 3. The number of aryl methyl sites for hydroxylation is 1. The van der Waals surface area contributed by atoms with Gasteiger partial charge in [0.2, 0.25) is 0 Å². The van der Waals surface area contributed by atoms with Crippen LogP contribution < -0.4 is 5.46 Å². The highest BCUT2D eigenvalue weighted by molar-refractivity contribution is 7.18. The maximum Gasteiger partial charge on any atom is 0.490 e. The zero-order valence-electron chi connectivity index (χ0n) is 7.49. The standard InChI is InChI=1S/C9H8BFO2S/c1-5-2-3-7-8(9(5)11)6(4-14-7)10(12)13/h2-4,12-13H,1H3. The number of benzene rings is 1. The van der Waals surface area contributed by atoms with Crippen molar-refractivity contribution in [3.63, 3.8) is 0 Å². The summed E-state index contributed by atoms with van der Waals surface area (Å²) in [7, 11) is -1.61. The molecule has 0 aliphatic carbocycles. The molecule has 0 saturated heterocycles. The van der Waals surface area contributed by atoms with Crippen molar-refractivity contribution >= 4 is 34.0 Å². The zero-order chi connectivity index (χ0) is 10.3. The summed E-state index contributed by atoms with van der Waals surface area (Å²) in [5.74, 6) is -0.369. The third-order valence-corrected chi connectivity index (χ3v) is 3.14. The minimum absolute atomic E-state index is 0.242. The Morgan fingerprint density at radius 1 is 1.36 bits per heavy atom. The maximum absolute atomic E-state index is 13.6. The van der Waals surface area contributed by atoms with Crippen LogP contribution in [-0.4, -0.2) is 17.2 Å². The molecular weight excluding hydrogens is 202 g/mol. The summed E-state index contributed by atoms with van der Waals surface area (Å²) in [4.78, 5) is 0. The Balaban J connectivity index is 2.82. The molecule has 72 valence electrons. The van der Waals surface area contributed by atoms with Crippen molar-refractivity contribution in [3.8, 4) is 0 Å². The van der Waals surface area contributed by atoms with Crippen molar-refractivity contribution < 1.29 is 14.4 Å². The molecule has 0 aliphatic rings. The molecule has 1 aromatic heterocycles. The normalized spacial score (nSPS) is 10.9. The van der Waals surface area contributed by atoms with E-state index in [2.05, 4.69) is 0 Å². The van der Waals surface area contributed by atoms with Crippen molar-refractivity contribution in [1.29, 1.82) is 0 Å².